The highest BCUT2D eigenvalue weighted by Gasteiger charge is 2.36. The summed E-state index contributed by atoms with van der Waals surface area (Å²) in [6.07, 6.45) is 8.13. The molecule has 7 heteroatoms. The van der Waals surface area contributed by atoms with Gasteiger partial charge in [0.25, 0.3) is 5.91 Å². The number of carbonyl (C=O) groups excluding carboxylic acids is 1. The molecular weight excluding hydrogens is 398 g/mol. The van der Waals surface area contributed by atoms with Crippen LogP contribution in [0.5, 0.6) is 0 Å². The van der Waals surface area contributed by atoms with Crippen molar-refractivity contribution >= 4 is 17.5 Å². The minimum atomic E-state index is -0.422. The predicted molar refractivity (Wildman–Crippen MR) is 116 cm³/mol. The van der Waals surface area contributed by atoms with Crippen molar-refractivity contribution in [3.8, 4) is 0 Å². The lowest BCUT2D eigenvalue weighted by molar-refractivity contribution is 0.0986. The maximum atomic E-state index is 11.9. The molecule has 1 amide bonds. The van der Waals surface area contributed by atoms with Crippen LogP contribution in [-0.2, 0) is 13.1 Å². The van der Waals surface area contributed by atoms with Gasteiger partial charge in [0, 0.05) is 48.5 Å². The number of primary amides is 1. The first-order valence-electron chi connectivity index (χ1n) is 10.3. The number of pyridine rings is 1. The molecule has 1 aliphatic carbocycles. The Labute approximate surface area is 180 Å². The SMILES string of the molecule is NC(=O)c1nccc(C2CC2)c1C1CN(Cc2cnn(Cc3ccc(Cl)cc3)c2)C1. The van der Waals surface area contributed by atoms with Crippen molar-refractivity contribution in [2.75, 3.05) is 13.1 Å². The van der Waals surface area contributed by atoms with E-state index in [-0.39, 0.29) is 0 Å². The van der Waals surface area contributed by atoms with Gasteiger partial charge < -0.3 is 5.73 Å². The summed E-state index contributed by atoms with van der Waals surface area (Å²) in [7, 11) is 0. The van der Waals surface area contributed by atoms with Crippen molar-refractivity contribution in [1.82, 2.24) is 19.7 Å². The van der Waals surface area contributed by atoms with Crippen LogP contribution in [0, 0.1) is 0 Å². The number of nitrogens with zero attached hydrogens (tertiary/aromatic N) is 4. The highest BCUT2D eigenvalue weighted by Crippen LogP contribution is 2.45. The van der Waals surface area contributed by atoms with E-state index in [1.807, 2.05) is 35.1 Å². The summed E-state index contributed by atoms with van der Waals surface area (Å²) in [4.78, 5) is 18.6. The van der Waals surface area contributed by atoms with Crippen LogP contribution in [0.25, 0.3) is 0 Å². The molecule has 2 fully saturated rings. The molecule has 1 saturated carbocycles. The summed E-state index contributed by atoms with van der Waals surface area (Å²) >= 11 is 5.95. The number of benzene rings is 1. The molecule has 0 atom stereocenters. The molecule has 0 radical (unpaired) electrons. The van der Waals surface area contributed by atoms with Crippen LogP contribution < -0.4 is 5.73 Å². The monoisotopic (exact) mass is 421 g/mol. The van der Waals surface area contributed by atoms with E-state index in [2.05, 4.69) is 27.2 Å². The predicted octanol–water partition coefficient (Wildman–Crippen LogP) is 3.56. The number of rotatable bonds is 7. The number of amides is 1. The summed E-state index contributed by atoms with van der Waals surface area (Å²) in [6, 6.07) is 9.91. The Morgan fingerprint density at radius 3 is 2.53 bits per heavy atom. The first-order valence-corrected chi connectivity index (χ1v) is 10.7. The molecule has 0 bridgehead atoms. The number of hydrogen-bond donors (Lipinski definition) is 1. The lowest BCUT2D eigenvalue weighted by Crippen LogP contribution is -2.45. The molecule has 2 aromatic heterocycles. The highest BCUT2D eigenvalue weighted by atomic mass is 35.5. The molecular formula is C23H24ClN5O. The summed E-state index contributed by atoms with van der Waals surface area (Å²) in [6.45, 7) is 3.40. The summed E-state index contributed by atoms with van der Waals surface area (Å²) < 4.78 is 1.95. The minimum absolute atomic E-state index is 0.320. The highest BCUT2D eigenvalue weighted by molar-refractivity contribution is 6.30. The Hall–Kier alpha value is -2.70. The van der Waals surface area contributed by atoms with Gasteiger partial charge in [-0.25, -0.2) is 0 Å². The fraction of sp³-hybridized carbons (Fsp3) is 0.348. The van der Waals surface area contributed by atoms with Crippen LogP contribution in [0.4, 0.5) is 0 Å². The third-order valence-electron chi connectivity index (χ3n) is 5.99. The largest absolute Gasteiger partial charge is 0.364 e. The summed E-state index contributed by atoms with van der Waals surface area (Å²) in [5, 5.41) is 5.23. The molecule has 6 nitrogen and oxygen atoms in total. The number of nitrogens with two attached hydrogens (primary N) is 1. The molecule has 1 saturated heterocycles. The van der Waals surface area contributed by atoms with Crippen molar-refractivity contribution in [3.05, 3.63) is 81.9 Å². The standard InChI is InChI=1S/C23H24ClN5O/c24-19-5-1-15(2-6-19)11-29-12-16(9-27-29)10-28-13-18(14-28)21-20(17-3-4-17)7-8-26-22(21)23(25)30/h1-2,5-9,12,17-18H,3-4,10-11,13-14H2,(H2,25,30). The zero-order chi connectivity index (χ0) is 20.7. The van der Waals surface area contributed by atoms with Gasteiger partial charge in [-0.05, 0) is 53.6 Å². The second-order valence-electron chi connectivity index (χ2n) is 8.36. The van der Waals surface area contributed by atoms with Crippen LogP contribution in [-0.4, -0.2) is 38.7 Å². The maximum Gasteiger partial charge on any atom is 0.267 e. The third-order valence-corrected chi connectivity index (χ3v) is 6.24. The van der Waals surface area contributed by atoms with Gasteiger partial charge in [0.15, 0.2) is 0 Å². The van der Waals surface area contributed by atoms with Gasteiger partial charge in [-0.15, -0.1) is 0 Å². The third kappa shape index (κ3) is 3.98. The summed E-state index contributed by atoms with van der Waals surface area (Å²) in [5.41, 5.74) is 10.8. The van der Waals surface area contributed by atoms with E-state index >= 15 is 0 Å². The number of hydrogen-bond acceptors (Lipinski definition) is 4. The molecule has 3 heterocycles. The Bertz CT molecular complexity index is 1070. The van der Waals surface area contributed by atoms with E-state index in [9.17, 15) is 4.79 Å². The van der Waals surface area contributed by atoms with Crippen molar-refractivity contribution in [2.24, 2.45) is 5.73 Å². The van der Waals surface area contributed by atoms with Crippen molar-refractivity contribution in [1.29, 1.82) is 0 Å². The Morgan fingerprint density at radius 1 is 1.07 bits per heavy atom. The lowest BCUT2D eigenvalue weighted by Gasteiger charge is -2.40. The van der Waals surface area contributed by atoms with Crippen molar-refractivity contribution in [2.45, 2.75) is 37.8 Å². The van der Waals surface area contributed by atoms with Crippen LogP contribution in [0.3, 0.4) is 0 Å². The Kier molecular flexibility index (Phi) is 5.05. The van der Waals surface area contributed by atoms with E-state index in [1.54, 1.807) is 6.20 Å². The van der Waals surface area contributed by atoms with Crippen LogP contribution in [0.1, 0.15) is 57.4 Å². The van der Waals surface area contributed by atoms with Gasteiger partial charge in [0.2, 0.25) is 0 Å². The van der Waals surface area contributed by atoms with E-state index in [1.165, 1.54) is 29.5 Å². The molecule has 0 unspecified atom stereocenters. The van der Waals surface area contributed by atoms with E-state index in [4.69, 9.17) is 17.3 Å². The fourth-order valence-electron chi connectivity index (χ4n) is 4.36. The zero-order valence-electron chi connectivity index (χ0n) is 16.7. The smallest absolute Gasteiger partial charge is 0.267 e. The fourth-order valence-corrected chi connectivity index (χ4v) is 4.48. The minimum Gasteiger partial charge on any atom is -0.364 e. The zero-order valence-corrected chi connectivity index (χ0v) is 17.4. The van der Waals surface area contributed by atoms with E-state index in [0.717, 1.165) is 36.8 Å². The number of halogens is 1. The molecule has 2 aliphatic rings. The van der Waals surface area contributed by atoms with Crippen molar-refractivity contribution < 1.29 is 4.79 Å². The molecule has 2 N–H and O–H groups in total. The van der Waals surface area contributed by atoms with Gasteiger partial charge in [-0.1, -0.05) is 23.7 Å². The molecule has 3 aromatic rings. The van der Waals surface area contributed by atoms with Gasteiger partial charge >= 0.3 is 0 Å². The van der Waals surface area contributed by atoms with Crippen LogP contribution >= 0.6 is 11.6 Å². The number of carbonyl (C=O) groups is 1. The average Bonchev–Trinajstić information content (AvgIpc) is 3.46. The van der Waals surface area contributed by atoms with Gasteiger partial charge in [-0.3, -0.25) is 19.4 Å². The number of likely N-dealkylation sites (tertiary alicyclic amines) is 1. The maximum absolute atomic E-state index is 11.9. The van der Waals surface area contributed by atoms with Gasteiger partial charge in [0.1, 0.15) is 5.69 Å². The first kappa shape index (κ1) is 19.3. The lowest BCUT2D eigenvalue weighted by atomic mass is 9.85. The molecule has 1 aliphatic heterocycles. The van der Waals surface area contributed by atoms with Crippen LogP contribution in [0.2, 0.25) is 5.02 Å². The average molecular weight is 422 g/mol. The second kappa shape index (κ2) is 7.85. The van der Waals surface area contributed by atoms with Crippen LogP contribution in [0.15, 0.2) is 48.9 Å². The Morgan fingerprint density at radius 2 is 1.83 bits per heavy atom. The quantitative estimate of drug-likeness (QED) is 0.632. The van der Waals surface area contributed by atoms with E-state index in [0.29, 0.717) is 17.5 Å². The normalized spacial score (nSPS) is 17.1. The van der Waals surface area contributed by atoms with Gasteiger partial charge in [0.05, 0.1) is 12.7 Å². The molecule has 30 heavy (non-hydrogen) atoms. The van der Waals surface area contributed by atoms with Crippen molar-refractivity contribution in [3.63, 3.8) is 0 Å². The Balaban J connectivity index is 1.23. The molecule has 0 spiro atoms. The second-order valence-corrected chi connectivity index (χ2v) is 8.80. The van der Waals surface area contributed by atoms with Gasteiger partial charge in [-0.2, -0.15) is 5.10 Å². The first-order chi connectivity index (χ1) is 14.6. The molecule has 5 rings (SSSR count). The summed E-state index contributed by atoms with van der Waals surface area (Å²) in [5.74, 6) is 0.469. The van der Waals surface area contributed by atoms with E-state index < -0.39 is 5.91 Å². The topological polar surface area (TPSA) is 77.0 Å². The molecule has 154 valence electrons. The number of aromatic nitrogens is 3. The molecule has 1 aromatic carbocycles.